The van der Waals surface area contributed by atoms with Crippen molar-refractivity contribution in [3.05, 3.63) is 35.9 Å². The molecule has 6 nitrogen and oxygen atoms in total. The first-order chi connectivity index (χ1) is 11.0. The Kier molecular flexibility index (Phi) is 6.14. The Bertz CT molecular complexity index is 559. The number of carbonyl (C=O) groups is 3. The van der Waals surface area contributed by atoms with Gasteiger partial charge in [-0.25, -0.2) is 0 Å². The van der Waals surface area contributed by atoms with Gasteiger partial charge in [-0.1, -0.05) is 30.3 Å². The molecule has 3 amide bonds. The molecule has 1 aliphatic heterocycles. The van der Waals surface area contributed by atoms with Crippen LogP contribution in [-0.2, 0) is 20.8 Å². The molecule has 2 N–H and O–H groups in total. The Labute approximate surface area is 136 Å². The van der Waals surface area contributed by atoms with Gasteiger partial charge in [0.1, 0.15) is 0 Å². The van der Waals surface area contributed by atoms with Gasteiger partial charge in [0.05, 0.1) is 12.6 Å². The molecule has 1 aliphatic rings. The van der Waals surface area contributed by atoms with Crippen LogP contribution in [0.25, 0.3) is 0 Å². The second kappa shape index (κ2) is 8.31. The quantitative estimate of drug-likeness (QED) is 0.767. The van der Waals surface area contributed by atoms with Crippen LogP contribution in [0.2, 0.25) is 0 Å². The summed E-state index contributed by atoms with van der Waals surface area (Å²) < 4.78 is 0. The largest absolute Gasteiger partial charge is 0.350 e. The molecule has 0 unspecified atom stereocenters. The average Bonchev–Trinajstić information content (AvgIpc) is 2.86. The molecule has 1 aromatic carbocycles. The van der Waals surface area contributed by atoms with E-state index in [9.17, 15) is 14.4 Å². The zero-order valence-electron chi connectivity index (χ0n) is 13.4. The Morgan fingerprint density at radius 1 is 1.26 bits per heavy atom. The molecule has 6 heteroatoms. The van der Waals surface area contributed by atoms with Crippen LogP contribution in [0.15, 0.2) is 30.3 Å². The Balaban J connectivity index is 1.70. The minimum absolute atomic E-state index is 0.0476. The number of likely N-dealkylation sites (tertiary alicyclic amines) is 1. The molecule has 0 spiro atoms. The van der Waals surface area contributed by atoms with Gasteiger partial charge in [0.25, 0.3) is 0 Å². The van der Waals surface area contributed by atoms with Gasteiger partial charge in [-0.2, -0.15) is 0 Å². The minimum atomic E-state index is -0.260. The van der Waals surface area contributed by atoms with Crippen LogP contribution < -0.4 is 10.6 Å². The van der Waals surface area contributed by atoms with Gasteiger partial charge in [-0.3, -0.25) is 14.4 Å². The summed E-state index contributed by atoms with van der Waals surface area (Å²) in [5.74, 6) is -0.433. The maximum Gasteiger partial charge on any atom is 0.239 e. The van der Waals surface area contributed by atoms with Gasteiger partial charge >= 0.3 is 0 Å². The van der Waals surface area contributed by atoms with Crippen LogP contribution in [0, 0.1) is 0 Å². The minimum Gasteiger partial charge on any atom is -0.350 e. The maximum absolute atomic E-state index is 12.0. The smallest absolute Gasteiger partial charge is 0.239 e. The molecule has 23 heavy (non-hydrogen) atoms. The third kappa shape index (κ3) is 5.73. The second-order valence-corrected chi connectivity index (χ2v) is 5.81. The molecule has 0 aliphatic carbocycles. The van der Waals surface area contributed by atoms with Crippen LogP contribution in [0.4, 0.5) is 0 Å². The molecular weight excluding hydrogens is 294 g/mol. The highest BCUT2D eigenvalue weighted by Crippen LogP contribution is 2.12. The van der Waals surface area contributed by atoms with Crippen LogP contribution in [0.3, 0.4) is 0 Å². The van der Waals surface area contributed by atoms with E-state index in [1.165, 1.54) is 12.5 Å². The summed E-state index contributed by atoms with van der Waals surface area (Å²) in [5, 5.41) is 5.23. The predicted molar refractivity (Wildman–Crippen MR) is 86.6 cm³/mol. The molecule has 0 radical (unpaired) electrons. The van der Waals surface area contributed by atoms with Gasteiger partial charge < -0.3 is 15.5 Å². The molecule has 1 fully saturated rings. The number of aryl methyl sites for hydroxylation is 1. The highest BCUT2D eigenvalue weighted by atomic mass is 16.2. The van der Waals surface area contributed by atoms with Crippen molar-refractivity contribution in [1.29, 1.82) is 0 Å². The van der Waals surface area contributed by atoms with Crippen molar-refractivity contribution >= 4 is 17.7 Å². The molecule has 1 atom stereocenters. The molecule has 1 aromatic rings. The number of amides is 3. The summed E-state index contributed by atoms with van der Waals surface area (Å²) in [5.41, 5.74) is 1.26. The lowest BCUT2D eigenvalue weighted by Crippen LogP contribution is -2.42. The first kappa shape index (κ1) is 17.0. The van der Waals surface area contributed by atoms with Crippen LogP contribution in [-0.4, -0.2) is 48.3 Å². The Hall–Kier alpha value is -2.37. The lowest BCUT2D eigenvalue weighted by atomic mass is 10.1. The molecule has 0 bridgehead atoms. The van der Waals surface area contributed by atoms with Crippen molar-refractivity contribution in [1.82, 2.24) is 15.5 Å². The summed E-state index contributed by atoms with van der Waals surface area (Å²) in [7, 11) is 0. The van der Waals surface area contributed by atoms with E-state index in [1.54, 1.807) is 4.90 Å². The zero-order valence-corrected chi connectivity index (χ0v) is 13.4. The standard InChI is InChI=1S/C17H23N3O3/c1-13(21)18-11-16(22)19-15-10-17(23)20(12-15)9-5-8-14-6-3-2-4-7-14/h2-4,6-7,15H,5,8-12H2,1H3,(H,18,21)(H,19,22)/t15-/m0/s1. The predicted octanol–water partition coefficient (Wildman–Crippen LogP) is 0.472. The monoisotopic (exact) mass is 317 g/mol. The first-order valence-corrected chi connectivity index (χ1v) is 7.90. The fourth-order valence-corrected chi connectivity index (χ4v) is 2.69. The maximum atomic E-state index is 12.0. The number of nitrogens with one attached hydrogen (secondary N) is 2. The van der Waals surface area contributed by atoms with E-state index < -0.39 is 0 Å². The molecule has 1 heterocycles. The lowest BCUT2D eigenvalue weighted by Gasteiger charge is -2.17. The summed E-state index contributed by atoms with van der Waals surface area (Å²) in [6.45, 7) is 2.56. The van der Waals surface area contributed by atoms with Gasteiger partial charge in [-0.05, 0) is 18.4 Å². The van der Waals surface area contributed by atoms with Gasteiger partial charge in [-0.15, -0.1) is 0 Å². The number of benzene rings is 1. The SMILES string of the molecule is CC(=O)NCC(=O)N[C@H]1CC(=O)N(CCCc2ccccc2)C1. The Morgan fingerprint density at radius 3 is 2.70 bits per heavy atom. The van der Waals surface area contributed by atoms with E-state index in [1.807, 2.05) is 18.2 Å². The van der Waals surface area contributed by atoms with Crippen molar-refractivity contribution in [3.63, 3.8) is 0 Å². The van der Waals surface area contributed by atoms with Crippen molar-refractivity contribution in [2.75, 3.05) is 19.6 Å². The highest BCUT2D eigenvalue weighted by molar-refractivity contribution is 5.85. The fraction of sp³-hybridized carbons (Fsp3) is 0.471. The lowest BCUT2D eigenvalue weighted by molar-refractivity contribution is -0.127. The van der Waals surface area contributed by atoms with Crippen LogP contribution >= 0.6 is 0 Å². The van der Waals surface area contributed by atoms with E-state index in [-0.39, 0.29) is 30.3 Å². The van der Waals surface area contributed by atoms with E-state index in [2.05, 4.69) is 22.8 Å². The van der Waals surface area contributed by atoms with Crippen LogP contribution in [0.5, 0.6) is 0 Å². The van der Waals surface area contributed by atoms with E-state index in [0.717, 1.165) is 12.8 Å². The van der Waals surface area contributed by atoms with Crippen molar-refractivity contribution in [3.8, 4) is 0 Å². The topological polar surface area (TPSA) is 78.5 Å². The first-order valence-electron chi connectivity index (χ1n) is 7.90. The number of carbonyl (C=O) groups excluding carboxylic acids is 3. The van der Waals surface area contributed by atoms with E-state index >= 15 is 0 Å². The summed E-state index contributed by atoms with van der Waals surface area (Å²) in [6, 6.07) is 10.0. The number of nitrogens with zero attached hydrogens (tertiary/aromatic N) is 1. The average molecular weight is 317 g/mol. The highest BCUT2D eigenvalue weighted by Gasteiger charge is 2.29. The summed E-state index contributed by atoms with van der Waals surface area (Å²) >= 11 is 0. The Morgan fingerprint density at radius 2 is 2.00 bits per heavy atom. The normalized spacial score (nSPS) is 17.2. The van der Waals surface area contributed by atoms with E-state index in [0.29, 0.717) is 19.5 Å². The number of rotatable bonds is 7. The molecule has 124 valence electrons. The third-order valence-corrected chi connectivity index (χ3v) is 3.81. The molecule has 0 saturated carbocycles. The zero-order chi connectivity index (χ0) is 16.7. The second-order valence-electron chi connectivity index (χ2n) is 5.81. The van der Waals surface area contributed by atoms with Crippen molar-refractivity contribution in [2.45, 2.75) is 32.2 Å². The van der Waals surface area contributed by atoms with Crippen molar-refractivity contribution < 1.29 is 14.4 Å². The summed E-state index contributed by atoms with van der Waals surface area (Å²) in [4.78, 5) is 36.2. The molecular formula is C17H23N3O3. The summed E-state index contributed by atoms with van der Waals surface area (Å²) in [6.07, 6.45) is 2.17. The third-order valence-electron chi connectivity index (χ3n) is 3.81. The van der Waals surface area contributed by atoms with E-state index in [4.69, 9.17) is 0 Å². The van der Waals surface area contributed by atoms with Gasteiger partial charge in [0.15, 0.2) is 0 Å². The van der Waals surface area contributed by atoms with Gasteiger partial charge in [0, 0.05) is 26.4 Å². The molecule has 1 saturated heterocycles. The van der Waals surface area contributed by atoms with Gasteiger partial charge in [0.2, 0.25) is 17.7 Å². The number of hydrogen-bond donors (Lipinski definition) is 2. The number of hydrogen-bond acceptors (Lipinski definition) is 3. The fourth-order valence-electron chi connectivity index (χ4n) is 2.69. The molecule has 0 aromatic heterocycles. The van der Waals surface area contributed by atoms with Crippen molar-refractivity contribution in [2.24, 2.45) is 0 Å². The molecule has 2 rings (SSSR count). The van der Waals surface area contributed by atoms with Crippen LogP contribution in [0.1, 0.15) is 25.3 Å².